The molecule has 1 unspecified atom stereocenters. The van der Waals surface area contributed by atoms with Crippen molar-refractivity contribution >= 4 is 21.8 Å². The Morgan fingerprint density at radius 3 is 2.46 bits per heavy atom. The van der Waals surface area contributed by atoms with Crippen molar-refractivity contribution in [2.45, 2.75) is 50.7 Å². The van der Waals surface area contributed by atoms with Crippen molar-refractivity contribution in [3.05, 3.63) is 94.6 Å². The fraction of sp³-hybridized carbons (Fsp3) is 0.321. The number of aryl methyl sites for hydroxylation is 1. The number of hydrogen-bond acceptors (Lipinski definition) is 3. The van der Waals surface area contributed by atoms with Crippen LogP contribution in [-0.4, -0.2) is 36.7 Å². The first-order chi connectivity index (χ1) is 17.2. The maximum Gasteiger partial charge on any atom is 0.273 e. The van der Waals surface area contributed by atoms with Gasteiger partial charge in [0, 0.05) is 41.1 Å². The van der Waals surface area contributed by atoms with Crippen LogP contribution in [0.2, 0.25) is 0 Å². The van der Waals surface area contributed by atoms with Crippen molar-refractivity contribution in [3.8, 4) is 11.3 Å². The number of fused-ring (bicyclic) bond motifs is 1. The van der Waals surface area contributed by atoms with E-state index in [-0.39, 0.29) is 11.9 Å². The molecule has 178 valence electrons. The molecule has 0 radical (unpaired) electrons. The van der Waals surface area contributed by atoms with Crippen molar-refractivity contribution in [3.63, 3.8) is 0 Å². The van der Waals surface area contributed by atoms with Crippen molar-refractivity contribution in [1.29, 1.82) is 0 Å². The van der Waals surface area contributed by atoms with Gasteiger partial charge >= 0.3 is 0 Å². The van der Waals surface area contributed by atoms with Crippen LogP contribution in [0.1, 0.15) is 65.8 Å². The molecule has 35 heavy (non-hydrogen) atoms. The summed E-state index contributed by atoms with van der Waals surface area (Å²) in [4.78, 5) is 20.3. The van der Waals surface area contributed by atoms with Crippen molar-refractivity contribution in [2.75, 3.05) is 6.54 Å². The number of carbonyl (C=O) groups is 1. The van der Waals surface area contributed by atoms with Crippen LogP contribution in [-0.2, 0) is 6.54 Å². The van der Waals surface area contributed by atoms with Crippen LogP contribution in [0, 0.1) is 0 Å². The minimum atomic E-state index is -0.154. The summed E-state index contributed by atoms with van der Waals surface area (Å²) in [6.45, 7) is 1.50. The molecule has 0 bridgehead atoms. The highest BCUT2D eigenvalue weighted by Gasteiger charge is 2.44. The standard InChI is InChI=1S/C28H28BrN5O/c29-22-13-11-21(12-14-22)26-24-25(20-7-2-1-3-8-20)31-34(23-9-4-5-10-23)27(24)28(35)33(26)17-6-16-32-18-15-30-19-32/h1-3,7-8,11-15,18-19,23,26H,4-6,9-10,16-17H2. The molecule has 1 aliphatic heterocycles. The van der Waals surface area contributed by atoms with Gasteiger partial charge < -0.3 is 9.47 Å². The predicted octanol–water partition coefficient (Wildman–Crippen LogP) is 6.26. The highest BCUT2D eigenvalue weighted by Crippen LogP contribution is 2.46. The third-order valence-corrected chi connectivity index (χ3v) is 7.80. The Balaban J connectivity index is 1.46. The van der Waals surface area contributed by atoms with E-state index in [1.54, 1.807) is 6.20 Å². The smallest absolute Gasteiger partial charge is 0.273 e. The normalized spacial score (nSPS) is 17.9. The average molecular weight is 530 g/mol. The Hall–Kier alpha value is -3.19. The predicted molar refractivity (Wildman–Crippen MR) is 139 cm³/mol. The second kappa shape index (κ2) is 9.46. The number of hydrogen-bond donors (Lipinski definition) is 0. The number of benzene rings is 2. The van der Waals surface area contributed by atoms with E-state index >= 15 is 0 Å². The summed E-state index contributed by atoms with van der Waals surface area (Å²) in [5.41, 5.74) is 4.96. The molecule has 0 saturated heterocycles. The number of halogens is 1. The molecule has 2 aliphatic rings. The number of carbonyl (C=O) groups excluding carboxylic acids is 1. The van der Waals surface area contributed by atoms with Gasteiger partial charge in [0.25, 0.3) is 5.91 Å². The first-order valence-corrected chi connectivity index (χ1v) is 13.2. The lowest BCUT2D eigenvalue weighted by molar-refractivity contribution is 0.0731. The van der Waals surface area contributed by atoms with Crippen LogP contribution in [0.25, 0.3) is 11.3 Å². The lowest BCUT2D eigenvalue weighted by Gasteiger charge is -2.27. The van der Waals surface area contributed by atoms with Gasteiger partial charge in [-0.2, -0.15) is 5.10 Å². The monoisotopic (exact) mass is 529 g/mol. The first kappa shape index (κ1) is 22.3. The molecule has 7 heteroatoms. The molecule has 1 fully saturated rings. The first-order valence-electron chi connectivity index (χ1n) is 12.4. The van der Waals surface area contributed by atoms with E-state index in [4.69, 9.17) is 5.10 Å². The molecule has 6 nitrogen and oxygen atoms in total. The zero-order valence-corrected chi connectivity index (χ0v) is 21.1. The maximum atomic E-state index is 14.1. The molecule has 0 spiro atoms. The molecule has 6 rings (SSSR count). The summed E-state index contributed by atoms with van der Waals surface area (Å²) in [5.74, 6) is 0.0973. The summed E-state index contributed by atoms with van der Waals surface area (Å²) in [5, 5.41) is 5.13. The van der Waals surface area contributed by atoms with Gasteiger partial charge in [0.2, 0.25) is 0 Å². The van der Waals surface area contributed by atoms with Gasteiger partial charge in [-0.25, -0.2) is 4.98 Å². The molecular formula is C28H28BrN5O. The van der Waals surface area contributed by atoms with Crippen molar-refractivity contribution in [1.82, 2.24) is 24.2 Å². The van der Waals surface area contributed by atoms with E-state index in [2.05, 4.69) is 71.5 Å². The lowest BCUT2D eigenvalue weighted by Crippen LogP contribution is -2.32. The van der Waals surface area contributed by atoms with E-state index in [0.717, 1.165) is 58.4 Å². The molecule has 4 aromatic rings. The van der Waals surface area contributed by atoms with Gasteiger partial charge in [-0.15, -0.1) is 0 Å². The van der Waals surface area contributed by atoms with Gasteiger partial charge in [0.15, 0.2) is 0 Å². The second-order valence-electron chi connectivity index (χ2n) is 9.47. The molecule has 1 amide bonds. The Labute approximate surface area is 213 Å². The zero-order valence-electron chi connectivity index (χ0n) is 19.6. The van der Waals surface area contributed by atoms with Gasteiger partial charge in [-0.05, 0) is 37.0 Å². The Morgan fingerprint density at radius 1 is 0.971 bits per heavy atom. The average Bonchev–Trinajstić information content (AvgIpc) is 3.68. The molecule has 2 aromatic carbocycles. The van der Waals surface area contributed by atoms with Gasteiger partial charge in [0.1, 0.15) is 5.69 Å². The highest BCUT2D eigenvalue weighted by atomic mass is 79.9. The summed E-state index contributed by atoms with van der Waals surface area (Å²) in [6, 6.07) is 18.8. The van der Waals surface area contributed by atoms with E-state index < -0.39 is 0 Å². The van der Waals surface area contributed by atoms with Gasteiger partial charge in [0.05, 0.1) is 24.1 Å². The van der Waals surface area contributed by atoms with E-state index in [1.807, 2.05) is 30.7 Å². The summed E-state index contributed by atoms with van der Waals surface area (Å²) in [7, 11) is 0. The van der Waals surface area contributed by atoms with Crippen LogP contribution in [0.3, 0.4) is 0 Å². The number of aromatic nitrogens is 4. The van der Waals surface area contributed by atoms with Crippen molar-refractivity contribution < 1.29 is 4.79 Å². The highest BCUT2D eigenvalue weighted by molar-refractivity contribution is 9.10. The largest absolute Gasteiger partial charge is 0.337 e. The number of amides is 1. The Bertz CT molecular complexity index is 1310. The second-order valence-corrected chi connectivity index (χ2v) is 10.4. The SMILES string of the molecule is O=C1c2c(c(-c3ccccc3)nn2C2CCCC2)C(c2ccc(Br)cc2)N1CCCn1ccnc1. The van der Waals surface area contributed by atoms with E-state index in [9.17, 15) is 4.79 Å². The molecule has 1 saturated carbocycles. The van der Waals surface area contributed by atoms with Crippen LogP contribution in [0.15, 0.2) is 77.8 Å². The summed E-state index contributed by atoms with van der Waals surface area (Å²) in [6.07, 6.45) is 11.0. The summed E-state index contributed by atoms with van der Waals surface area (Å²) < 4.78 is 5.18. The molecule has 3 heterocycles. The maximum absolute atomic E-state index is 14.1. The number of imidazole rings is 1. The number of rotatable bonds is 7. The minimum absolute atomic E-state index is 0.0973. The lowest BCUT2D eigenvalue weighted by atomic mass is 9.96. The molecule has 0 N–H and O–H groups in total. The Morgan fingerprint density at radius 2 is 1.74 bits per heavy atom. The quantitative estimate of drug-likeness (QED) is 0.284. The van der Waals surface area contributed by atoms with Crippen LogP contribution in [0.4, 0.5) is 0 Å². The minimum Gasteiger partial charge on any atom is -0.337 e. The van der Waals surface area contributed by atoms with Crippen molar-refractivity contribution in [2.24, 2.45) is 0 Å². The van der Waals surface area contributed by atoms with Crippen LogP contribution in [0.5, 0.6) is 0 Å². The third kappa shape index (κ3) is 4.12. The fourth-order valence-electron chi connectivity index (χ4n) is 5.62. The van der Waals surface area contributed by atoms with Gasteiger partial charge in [-0.3, -0.25) is 9.48 Å². The zero-order chi connectivity index (χ0) is 23.8. The fourth-order valence-corrected chi connectivity index (χ4v) is 5.88. The third-order valence-electron chi connectivity index (χ3n) is 7.27. The van der Waals surface area contributed by atoms with Crippen LogP contribution >= 0.6 is 15.9 Å². The Kier molecular flexibility index (Phi) is 6.02. The van der Waals surface area contributed by atoms with E-state index in [0.29, 0.717) is 12.6 Å². The molecule has 1 aliphatic carbocycles. The van der Waals surface area contributed by atoms with Gasteiger partial charge in [-0.1, -0.05) is 71.2 Å². The topological polar surface area (TPSA) is 56.0 Å². The number of nitrogens with zero attached hydrogens (tertiary/aromatic N) is 5. The van der Waals surface area contributed by atoms with E-state index in [1.165, 1.54) is 12.8 Å². The molecular weight excluding hydrogens is 502 g/mol. The molecule has 2 aromatic heterocycles. The summed E-state index contributed by atoms with van der Waals surface area (Å²) >= 11 is 3.57. The van der Waals surface area contributed by atoms with Crippen LogP contribution < -0.4 is 0 Å². The molecule has 1 atom stereocenters.